The summed E-state index contributed by atoms with van der Waals surface area (Å²) in [6, 6.07) is 8.54. The van der Waals surface area contributed by atoms with Crippen LogP contribution in [0.2, 0.25) is 0 Å². The van der Waals surface area contributed by atoms with Gasteiger partial charge >= 0.3 is 0 Å². The quantitative estimate of drug-likeness (QED) is 0.864. The van der Waals surface area contributed by atoms with Crippen molar-refractivity contribution in [3.8, 4) is 0 Å². The second kappa shape index (κ2) is 5.30. The maximum absolute atomic E-state index is 6.07. The molecule has 0 aliphatic carbocycles. The average Bonchev–Trinajstić information content (AvgIpc) is 2.63. The molecule has 2 rings (SSSR count). The zero-order valence-corrected chi connectivity index (χ0v) is 10.6. The first-order valence-corrected chi connectivity index (χ1v) is 6.18. The third-order valence-electron chi connectivity index (χ3n) is 2.49. The molecular weight excluding hydrogens is 277 g/mol. The Kier molecular flexibility index (Phi) is 4.03. The van der Waals surface area contributed by atoms with Crippen molar-refractivity contribution in [2.24, 2.45) is 0 Å². The maximum Gasteiger partial charge on any atom is 0.0745 e. The first kappa shape index (κ1) is 11.4. The van der Waals surface area contributed by atoms with Gasteiger partial charge in [0.15, 0.2) is 0 Å². The maximum atomic E-state index is 6.07. The Balaban J connectivity index is 1.85. The predicted molar refractivity (Wildman–Crippen MR) is 65.2 cm³/mol. The van der Waals surface area contributed by atoms with E-state index in [-0.39, 0.29) is 11.4 Å². The first-order valence-electron chi connectivity index (χ1n) is 4.95. The van der Waals surface area contributed by atoms with Gasteiger partial charge in [-0.15, -0.1) is 11.6 Å². The van der Waals surface area contributed by atoms with Crippen molar-refractivity contribution in [1.29, 1.82) is 0 Å². The molecule has 2 nitrogen and oxygen atoms in total. The van der Waals surface area contributed by atoms with Gasteiger partial charge in [0.25, 0.3) is 0 Å². The van der Waals surface area contributed by atoms with Crippen molar-refractivity contribution in [2.45, 2.75) is 18.0 Å². The molecular formula is C11H13BrClNO. The Morgan fingerprint density at radius 3 is 2.67 bits per heavy atom. The normalized spacial score (nSPS) is 25.7. The number of halogens is 2. The molecule has 0 amide bonds. The summed E-state index contributed by atoms with van der Waals surface area (Å²) in [4.78, 5) is 0. The molecule has 4 heteroatoms. The first-order chi connectivity index (χ1) is 7.25. The lowest BCUT2D eigenvalue weighted by Crippen LogP contribution is -2.35. The van der Waals surface area contributed by atoms with Crippen LogP contribution in [-0.2, 0) is 11.3 Å². The monoisotopic (exact) mass is 289 g/mol. The van der Waals surface area contributed by atoms with Crippen LogP contribution in [0, 0.1) is 0 Å². The minimum absolute atomic E-state index is 0.0976. The van der Waals surface area contributed by atoms with E-state index in [4.69, 9.17) is 16.3 Å². The number of benzene rings is 1. The molecule has 0 aromatic heterocycles. The summed E-state index contributed by atoms with van der Waals surface area (Å²) in [6.07, 6.45) is 0. The summed E-state index contributed by atoms with van der Waals surface area (Å²) >= 11 is 9.49. The van der Waals surface area contributed by atoms with Gasteiger partial charge in [-0.1, -0.05) is 28.1 Å². The van der Waals surface area contributed by atoms with Crippen LogP contribution in [-0.4, -0.2) is 24.6 Å². The molecule has 2 atom stereocenters. The Morgan fingerprint density at radius 2 is 2.07 bits per heavy atom. The lowest BCUT2D eigenvalue weighted by Gasteiger charge is -2.13. The molecule has 2 unspecified atom stereocenters. The molecule has 1 aromatic rings. The van der Waals surface area contributed by atoms with Gasteiger partial charge in [-0.3, -0.25) is 0 Å². The van der Waals surface area contributed by atoms with E-state index in [0.717, 1.165) is 11.0 Å². The highest BCUT2D eigenvalue weighted by Crippen LogP contribution is 2.14. The smallest absolute Gasteiger partial charge is 0.0745 e. The number of ether oxygens (including phenoxy) is 1. The van der Waals surface area contributed by atoms with E-state index in [0.29, 0.717) is 13.2 Å². The summed E-state index contributed by atoms with van der Waals surface area (Å²) in [5.41, 5.74) is 1.26. The number of nitrogens with one attached hydrogen (secondary N) is 1. The minimum atomic E-state index is 0.0976. The molecule has 15 heavy (non-hydrogen) atoms. The van der Waals surface area contributed by atoms with E-state index in [1.165, 1.54) is 5.56 Å². The highest BCUT2D eigenvalue weighted by Gasteiger charge is 2.25. The lowest BCUT2D eigenvalue weighted by molar-refractivity contribution is 0.190. The SMILES string of the molecule is ClC1COCC1NCc1ccc(Br)cc1. The van der Waals surface area contributed by atoms with Crippen LogP contribution in [0.25, 0.3) is 0 Å². The fraction of sp³-hybridized carbons (Fsp3) is 0.455. The van der Waals surface area contributed by atoms with E-state index in [1.807, 2.05) is 12.1 Å². The van der Waals surface area contributed by atoms with E-state index in [2.05, 4.69) is 33.4 Å². The van der Waals surface area contributed by atoms with Gasteiger partial charge in [0.05, 0.1) is 18.6 Å². The Bertz CT molecular complexity index is 317. The van der Waals surface area contributed by atoms with Crippen molar-refractivity contribution in [3.63, 3.8) is 0 Å². The Hall–Kier alpha value is -0.0900. The molecule has 0 radical (unpaired) electrons. The second-order valence-corrected chi connectivity index (χ2v) is 5.14. The van der Waals surface area contributed by atoms with Gasteiger partial charge in [0.1, 0.15) is 0 Å². The molecule has 1 fully saturated rings. The Labute approximate surface area is 103 Å². The van der Waals surface area contributed by atoms with Crippen molar-refractivity contribution >= 4 is 27.5 Å². The van der Waals surface area contributed by atoms with Gasteiger partial charge < -0.3 is 10.1 Å². The summed E-state index contributed by atoms with van der Waals surface area (Å²) in [6.45, 7) is 2.20. The fourth-order valence-corrected chi connectivity index (χ4v) is 2.08. The third kappa shape index (κ3) is 3.18. The molecule has 1 saturated heterocycles. The third-order valence-corrected chi connectivity index (χ3v) is 3.45. The summed E-state index contributed by atoms with van der Waals surface area (Å²) in [5, 5.41) is 3.49. The number of hydrogen-bond acceptors (Lipinski definition) is 2. The van der Waals surface area contributed by atoms with Crippen LogP contribution in [0.15, 0.2) is 28.7 Å². The molecule has 1 aromatic carbocycles. The topological polar surface area (TPSA) is 21.3 Å². The molecule has 82 valence electrons. The van der Waals surface area contributed by atoms with Crippen molar-refractivity contribution in [1.82, 2.24) is 5.32 Å². The highest BCUT2D eigenvalue weighted by molar-refractivity contribution is 9.10. The van der Waals surface area contributed by atoms with Gasteiger partial charge in [-0.25, -0.2) is 0 Å². The predicted octanol–water partition coefficient (Wildman–Crippen LogP) is 2.54. The highest BCUT2D eigenvalue weighted by atomic mass is 79.9. The van der Waals surface area contributed by atoms with Crippen molar-refractivity contribution < 1.29 is 4.74 Å². The minimum Gasteiger partial charge on any atom is -0.378 e. The molecule has 0 bridgehead atoms. The van der Waals surface area contributed by atoms with Crippen LogP contribution in [0.1, 0.15) is 5.56 Å². The van der Waals surface area contributed by atoms with E-state index in [1.54, 1.807) is 0 Å². The van der Waals surface area contributed by atoms with Crippen LogP contribution >= 0.6 is 27.5 Å². The van der Waals surface area contributed by atoms with E-state index >= 15 is 0 Å². The van der Waals surface area contributed by atoms with E-state index in [9.17, 15) is 0 Å². The summed E-state index contributed by atoms with van der Waals surface area (Å²) in [7, 11) is 0. The van der Waals surface area contributed by atoms with Crippen LogP contribution in [0.3, 0.4) is 0 Å². The number of alkyl halides is 1. The van der Waals surface area contributed by atoms with Gasteiger partial charge in [0, 0.05) is 17.1 Å². The van der Waals surface area contributed by atoms with Crippen LogP contribution < -0.4 is 5.32 Å². The lowest BCUT2D eigenvalue weighted by atomic mass is 10.2. The van der Waals surface area contributed by atoms with Crippen molar-refractivity contribution in [3.05, 3.63) is 34.3 Å². The molecule has 0 saturated carbocycles. The van der Waals surface area contributed by atoms with E-state index < -0.39 is 0 Å². The molecule has 1 heterocycles. The average molecular weight is 291 g/mol. The molecule has 1 aliphatic rings. The number of rotatable bonds is 3. The zero-order chi connectivity index (χ0) is 10.7. The summed E-state index contributed by atoms with van der Waals surface area (Å²) < 4.78 is 6.38. The van der Waals surface area contributed by atoms with Gasteiger partial charge in [-0.05, 0) is 17.7 Å². The van der Waals surface area contributed by atoms with Gasteiger partial charge in [-0.2, -0.15) is 0 Å². The standard InChI is InChI=1S/C11H13BrClNO/c12-9-3-1-8(2-4-9)5-14-11-7-15-6-10(11)13/h1-4,10-11,14H,5-7H2. The molecule has 1 N–H and O–H groups in total. The summed E-state index contributed by atoms with van der Waals surface area (Å²) in [5.74, 6) is 0. The largest absolute Gasteiger partial charge is 0.378 e. The molecule has 0 spiro atoms. The Morgan fingerprint density at radius 1 is 1.33 bits per heavy atom. The van der Waals surface area contributed by atoms with Gasteiger partial charge in [0.2, 0.25) is 0 Å². The zero-order valence-electron chi connectivity index (χ0n) is 8.25. The van der Waals surface area contributed by atoms with Crippen LogP contribution in [0.4, 0.5) is 0 Å². The number of hydrogen-bond donors (Lipinski definition) is 1. The molecule has 1 aliphatic heterocycles. The fourth-order valence-electron chi connectivity index (χ4n) is 1.57. The van der Waals surface area contributed by atoms with Crippen molar-refractivity contribution in [2.75, 3.05) is 13.2 Å². The second-order valence-electron chi connectivity index (χ2n) is 3.67. The van der Waals surface area contributed by atoms with Crippen LogP contribution in [0.5, 0.6) is 0 Å².